The monoisotopic (exact) mass is 360 g/mol. The predicted molar refractivity (Wildman–Crippen MR) is 100 cm³/mol. The molecule has 2 aromatic rings. The van der Waals surface area contributed by atoms with Crippen LogP contribution in [0.2, 0.25) is 0 Å². The molecule has 0 radical (unpaired) electrons. The molecule has 7 heteroatoms. The van der Waals surface area contributed by atoms with Crippen LogP contribution in [0.3, 0.4) is 0 Å². The van der Waals surface area contributed by atoms with E-state index in [2.05, 4.69) is 26.5 Å². The minimum Gasteiger partial charge on any atom is -0.341 e. The third-order valence-electron chi connectivity index (χ3n) is 4.46. The Hall–Kier alpha value is -2.15. The highest BCUT2D eigenvalue weighted by Gasteiger charge is 2.18. The van der Waals surface area contributed by atoms with Crippen molar-refractivity contribution >= 4 is 21.7 Å². The van der Waals surface area contributed by atoms with Gasteiger partial charge in [-0.25, -0.2) is 18.4 Å². The molecule has 0 amide bonds. The Balaban J connectivity index is 1.63. The molecule has 1 saturated heterocycles. The fourth-order valence-corrected chi connectivity index (χ4v) is 4.03. The molecule has 0 atom stereocenters. The normalized spacial score (nSPS) is 16.0. The lowest BCUT2D eigenvalue weighted by Gasteiger charge is -2.30. The molecule has 25 heavy (non-hydrogen) atoms. The predicted octanol–water partition coefficient (Wildman–Crippen LogP) is 2.96. The van der Waals surface area contributed by atoms with E-state index in [1.165, 1.54) is 12.4 Å². The van der Waals surface area contributed by atoms with Gasteiger partial charge in [-0.1, -0.05) is 36.8 Å². The number of piperidine rings is 1. The van der Waals surface area contributed by atoms with Gasteiger partial charge in [-0.15, -0.1) is 0 Å². The lowest BCUT2D eigenvalue weighted by atomic mass is 10.00. The molecule has 2 heterocycles. The average molecular weight is 360 g/mol. The van der Waals surface area contributed by atoms with Gasteiger partial charge in [-0.05, 0) is 31.2 Å². The fourth-order valence-electron chi connectivity index (χ4n) is 2.87. The summed E-state index contributed by atoms with van der Waals surface area (Å²) >= 11 is 0. The van der Waals surface area contributed by atoms with Crippen LogP contribution < -0.4 is 9.62 Å². The highest BCUT2D eigenvalue weighted by molar-refractivity contribution is 7.91. The molecular formula is C18H24N4O2S. The number of nitrogens with one attached hydrogen (secondary N) is 1. The molecule has 1 aromatic heterocycles. The second-order valence-corrected chi connectivity index (χ2v) is 8.51. The fraction of sp³-hybridized carbons (Fsp3) is 0.444. The van der Waals surface area contributed by atoms with Crippen LogP contribution in [0.4, 0.5) is 11.6 Å². The van der Waals surface area contributed by atoms with E-state index in [-0.39, 0.29) is 5.75 Å². The standard InChI is InChI=1S/C18H24N4O2S/c1-14-3-5-16(6-4-14)13-25(23,24)21-17-11-19-18(20-12-17)22-9-7-15(2)8-10-22/h3-6,11-12,15,21H,7-10,13H2,1-2H3. The van der Waals surface area contributed by atoms with Gasteiger partial charge in [-0.2, -0.15) is 0 Å². The molecule has 1 fully saturated rings. The number of benzene rings is 1. The van der Waals surface area contributed by atoms with Gasteiger partial charge >= 0.3 is 0 Å². The van der Waals surface area contributed by atoms with Gasteiger partial charge in [0, 0.05) is 13.1 Å². The number of nitrogens with zero attached hydrogens (tertiary/aromatic N) is 3. The lowest BCUT2D eigenvalue weighted by molar-refractivity contribution is 0.434. The van der Waals surface area contributed by atoms with Crippen molar-refractivity contribution in [3.8, 4) is 0 Å². The Labute approximate surface area is 149 Å². The third kappa shape index (κ3) is 4.92. The van der Waals surface area contributed by atoms with Crippen molar-refractivity contribution in [2.24, 2.45) is 5.92 Å². The van der Waals surface area contributed by atoms with Crippen LogP contribution in [-0.4, -0.2) is 31.5 Å². The molecule has 0 saturated carbocycles. The summed E-state index contributed by atoms with van der Waals surface area (Å²) in [4.78, 5) is 10.8. The second kappa shape index (κ2) is 7.39. The maximum absolute atomic E-state index is 12.3. The van der Waals surface area contributed by atoms with Crippen LogP contribution in [0.15, 0.2) is 36.7 Å². The zero-order chi connectivity index (χ0) is 17.9. The molecule has 0 unspecified atom stereocenters. The van der Waals surface area contributed by atoms with E-state index in [1.54, 1.807) is 0 Å². The van der Waals surface area contributed by atoms with Crippen molar-refractivity contribution in [2.75, 3.05) is 22.7 Å². The van der Waals surface area contributed by atoms with Gasteiger partial charge in [0.15, 0.2) is 0 Å². The van der Waals surface area contributed by atoms with E-state index in [9.17, 15) is 8.42 Å². The second-order valence-electron chi connectivity index (χ2n) is 6.79. The molecule has 1 aromatic carbocycles. The highest BCUT2D eigenvalue weighted by Crippen LogP contribution is 2.20. The average Bonchev–Trinajstić information content (AvgIpc) is 2.58. The Morgan fingerprint density at radius 2 is 1.72 bits per heavy atom. The smallest absolute Gasteiger partial charge is 0.237 e. The Morgan fingerprint density at radius 3 is 2.32 bits per heavy atom. The summed E-state index contributed by atoms with van der Waals surface area (Å²) in [6, 6.07) is 7.46. The van der Waals surface area contributed by atoms with Gasteiger partial charge in [0.25, 0.3) is 0 Å². The van der Waals surface area contributed by atoms with Crippen molar-refractivity contribution in [3.05, 3.63) is 47.8 Å². The van der Waals surface area contributed by atoms with Crippen LogP contribution in [0.1, 0.15) is 30.9 Å². The third-order valence-corrected chi connectivity index (χ3v) is 5.72. The summed E-state index contributed by atoms with van der Waals surface area (Å²) in [5.74, 6) is 1.33. The van der Waals surface area contributed by atoms with Crippen LogP contribution >= 0.6 is 0 Å². The summed E-state index contributed by atoms with van der Waals surface area (Å²) in [5, 5.41) is 0. The van der Waals surface area contributed by atoms with E-state index in [0.717, 1.165) is 43.0 Å². The minimum absolute atomic E-state index is 0.0704. The van der Waals surface area contributed by atoms with E-state index < -0.39 is 10.0 Å². The SMILES string of the molecule is Cc1ccc(CS(=O)(=O)Nc2cnc(N3CCC(C)CC3)nc2)cc1. The number of hydrogen-bond donors (Lipinski definition) is 1. The van der Waals surface area contributed by atoms with Crippen molar-refractivity contribution < 1.29 is 8.42 Å². The Kier molecular flexibility index (Phi) is 5.22. The van der Waals surface area contributed by atoms with Crippen molar-refractivity contribution in [1.29, 1.82) is 0 Å². The number of aromatic nitrogens is 2. The Morgan fingerprint density at radius 1 is 1.12 bits per heavy atom. The lowest BCUT2D eigenvalue weighted by Crippen LogP contribution is -2.34. The number of rotatable bonds is 5. The molecule has 0 aliphatic carbocycles. The molecule has 1 aliphatic heterocycles. The van der Waals surface area contributed by atoms with Gasteiger partial charge in [0.1, 0.15) is 0 Å². The number of sulfonamides is 1. The first-order valence-corrected chi connectivity index (χ1v) is 10.2. The van der Waals surface area contributed by atoms with Gasteiger partial charge in [-0.3, -0.25) is 4.72 Å². The molecule has 0 bridgehead atoms. The summed E-state index contributed by atoms with van der Waals surface area (Å²) in [5.41, 5.74) is 2.24. The van der Waals surface area contributed by atoms with E-state index in [0.29, 0.717) is 11.6 Å². The quantitative estimate of drug-likeness (QED) is 0.887. The van der Waals surface area contributed by atoms with Gasteiger partial charge < -0.3 is 4.90 Å². The van der Waals surface area contributed by atoms with Gasteiger partial charge in [0.2, 0.25) is 16.0 Å². The summed E-state index contributed by atoms with van der Waals surface area (Å²) in [6.07, 6.45) is 5.34. The first-order valence-electron chi connectivity index (χ1n) is 8.54. The maximum Gasteiger partial charge on any atom is 0.237 e. The number of hydrogen-bond acceptors (Lipinski definition) is 5. The first kappa shape index (κ1) is 17.7. The van der Waals surface area contributed by atoms with Crippen molar-refractivity contribution in [1.82, 2.24) is 9.97 Å². The maximum atomic E-state index is 12.3. The zero-order valence-corrected chi connectivity index (χ0v) is 15.5. The van der Waals surface area contributed by atoms with Crippen LogP contribution in [0.5, 0.6) is 0 Å². The molecule has 6 nitrogen and oxygen atoms in total. The molecule has 134 valence electrons. The first-order chi connectivity index (χ1) is 11.9. The van der Waals surface area contributed by atoms with E-state index >= 15 is 0 Å². The molecule has 0 spiro atoms. The number of anilines is 2. The van der Waals surface area contributed by atoms with Crippen molar-refractivity contribution in [2.45, 2.75) is 32.4 Å². The minimum atomic E-state index is -3.49. The van der Waals surface area contributed by atoms with E-state index in [1.807, 2.05) is 31.2 Å². The molecular weight excluding hydrogens is 336 g/mol. The van der Waals surface area contributed by atoms with E-state index in [4.69, 9.17) is 0 Å². The highest BCUT2D eigenvalue weighted by atomic mass is 32.2. The summed E-state index contributed by atoms with van der Waals surface area (Å²) in [7, 11) is -3.49. The van der Waals surface area contributed by atoms with Crippen LogP contribution in [-0.2, 0) is 15.8 Å². The molecule has 1 N–H and O–H groups in total. The van der Waals surface area contributed by atoms with Crippen molar-refractivity contribution in [3.63, 3.8) is 0 Å². The number of aryl methyl sites for hydroxylation is 1. The molecule has 3 rings (SSSR count). The van der Waals surface area contributed by atoms with Crippen LogP contribution in [0.25, 0.3) is 0 Å². The summed E-state index contributed by atoms with van der Waals surface area (Å²) in [6.45, 7) is 6.11. The van der Waals surface area contributed by atoms with Crippen LogP contribution in [0, 0.1) is 12.8 Å². The largest absolute Gasteiger partial charge is 0.341 e. The topological polar surface area (TPSA) is 75.2 Å². The summed E-state index contributed by atoms with van der Waals surface area (Å²) < 4.78 is 27.1. The van der Waals surface area contributed by atoms with Gasteiger partial charge in [0.05, 0.1) is 23.8 Å². The zero-order valence-electron chi connectivity index (χ0n) is 14.6. The molecule has 1 aliphatic rings. The Bertz CT molecular complexity index is 796.